The molecule has 1 saturated heterocycles. The topological polar surface area (TPSA) is 48.1 Å². The van der Waals surface area contributed by atoms with Crippen molar-refractivity contribution in [3.63, 3.8) is 0 Å². The van der Waals surface area contributed by atoms with Crippen molar-refractivity contribution in [1.29, 1.82) is 0 Å². The van der Waals surface area contributed by atoms with Gasteiger partial charge in [0.1, 0.15) is 0 Å². The lowest BCUT2D eigenvalue weighted by atomic mass is 9.74. The summed E-state index contributed by atoms with van der Waals surface area (Å²) in [4.78, 5) is 4.42. The van der Waals surface area contributed by atoms with Gasteiger partial charge < -0.3 is 10.5 Å². The van der Waals surface area contributed by atoms with Crippen molar-refractivity contribution in [2.75, 3.05) is 6.61 Å². The molecule has 2 fully saturated rings. The lowest BCUT2D eigenvalue weighted by Crippen LogP contribution is -2.44. The maximum Gasteiger partial charge on any atom is 0.0686 e. The Morgan fingerprint density at radius 3 is 2.84 bits per heavy atom. The first-order chi connectivity index (χ1) is 9.29. The third-order valence-corrected chi connectivity index (χ3v) is 4.83. The highest BCUT2D eigenvalue weighted by Crippen LogP contribution is 2.43. The Kier molecular flexibility index (Phi) is 3.85. The van der Waals surface area contributed by atoms with Crippen LogP contribution in [0.2, 0.25) is 0 Å². The molecule has 1 aliphatic heterocycles. The van der Waals surface area contributed by atoms with Crippen LogP contribution in [0.25, 0.3) is 0 Å². The lowest BCUT2D eigenvalue weighted by Gasteiger charge is -2.44. The first-order valence-electron chi connectivity index (χ1n) is 7.60. The minimum Gasteiger partial charge on any atom is -0.375 e. The monoisotopic (exact) mass is 260 g/mol. The number of hydrogen-bond acceptors (Lipinski definition) is 3. The molecule has 2 atom stereocenters. The molecule has 0 radical (unpaired) electrons. The molecular formula is C16H24N2O. The number of nitrogens with two attached hydrogens (primary N) is 1. The Morgan fingerprint density at radius 1 is 1.26 bits per heavy atom. The number of nitrogens with zero attached hydrogens (tertiary/aromatic N) is 1. The van der Waals surface area contributed by atoms with Gasteiger partial charge in [0.05, 0.1) is 17.3 Å². The number of pyridine rings is 1. The molecule has 3 rings (SSSR count). The highest BCUT2D eigenvalue weighted by Gasteiger charge is 2.40. The molecule has 2 aliphatic rings. The zero-order valence-corrected chi connectivity index (χ0v) is 11.6. The molecule has 3 nitrogen and oxygen atoms in total. The third-order valence-electron chi connectivity index (χ3n) is 4.83. The van der Waals surface area contributed by atoms with Crippen LogP contribution in [-0.2, 0) is 4.74 Å². The van der Waals surface area contributed by atoms with Crippen LogP contribution in [0.3, 0.4) is 0 Å². The predicted molar refractivity (Wildman–Crippen MR) is 75.7 cm³/mol. The van der Waals surface area contributed by atoms with E-state index in [0.717, 1.165) is 25.1 Å². The van der Waals surface area contributed by atoms with Crippen molar-refractivity contribution in [3.8, 4) is 0 Å². The number of rotatable bonds is 2. The molecule has 1 aliphatic carbocycles. The van der Waals surface area contributed by atoms with Crippen molar-refractivity contribution in [2.45, 2.75) is 56.6 Å². The van der Waals surface area contributed by atoms with E-state index in [1.165, 1.54) is 32.1 Å². The normalized spacial score (nSPS) is 28.2. The second kappa shape index (κ2) is 5.59. The van der Waals surface area contributed by atoms with Crippen LogP contribution < -0.4 is 5.73 Å². The second-order valence-electron chi connectivity index (χ2n) is 6.13. The number of hydrogen-bond donors (Lipinski definition) is 1. The van der Waals surface area contributed by atoms with E-state index in [2.05, 4.69) is 4.98 Å². The van der Waals surface area contributed by atoms with Crippen LogP contribution in [0.15, 0.2) is 24.4 Å². The van der Waals surface area contributed by atoms with E-state index >= 15 is 0 Å². The quantitative estimate of drug-likeness (QED) is 0.888. The Morgan fingerprint density at radius 2 is 2.11 bits per heavy atom. The second-order valence-corrected chi connectivity index (χ2v) is 6.13. The van der Waals surface area contributed by atoms with Crippen molar-refractivity contribution in [1.82, 2.24) is 4.98 Å². The lowest BCUT2D eigenvalue weighted by molar-refractivity contribution is -0.120. The fourth-order valence-electron chi connectivity index (χ4n) is 3.73. The largest absolute Gasteiger partial charge is 0.375 e. The molecule has 0 aromatic carbocycles. The summed E-state index contributed by atoms with van der Waals surface area (Å²) in [5.41, 5.74) is 7.60. The molecule has 19 heavy (non-hydrogen) atoms. The summed E-state index contributed by atoms with van der Waals surface area (Å²) in [6.07, 6.45) is 10.4. The van der Waals surface area contributed by atoms with Crippen LogP contribution in [0.4, 0.5) is 0 Å². The van der Waals surface area contributed by atoms with Gasteiger partial charge in [-0.15, -0.1) is 0 Å². The van der Waals surface area contributed by atoms with Crippen LogP contribution in [0.5, 0.6) is 0 Å². The molecule has 2 heterocycles. The van der Waals surface area contributed by atoms with Crippen molar-refractivity contribution < 1.29 is 4.74 Å². The van der Waals surface area contributed by atoms with Gasteiger partial charge in [-0.2, -0.15) is 0 Å². The van der Waals surface area contributed by atoms with E-state index in [1.807, 2.05) is 24.4 Å². The van der Waals surface area contributed by atoms with E-state index in [4.69, 9.17) is 10.5 Å². The third kappa shape index (κ3) is 2.82. The van der Waals surface area contributed by atoms with E-state index in [1.54, 1.807) is 0 Å². The average molecular weight is 260 g/mol. The van der Waals surface area contributed by atoms with Crippen LogP contribution in [0, 0.1) is 5.92 Å². The molecule has 104 valence electrons. The molecule has 1 aromatic rings. The minimum absolute atomic E-state index is 0.0592. The highest BCUT2D eigenvalue weighted by atomic mass is 16.5. The summed E-state index contributed by atoms with van der Waals surface area (Å²) >= 11 is 0. The van der Waals surface area contributed by atoms with Crippen LogP contribution in [-0.4, -0.2) is 17.2 Å². The van der Waals surface area contributed by atoms with Crippen molar-refractivity contribution >= 4 is 0 Å². The molecule has 3 heteroatoms. The first kappa shape index (κ1) is 13.1. The summed E-state index contributed by atoms with van der Waals surface area (Å²) in [5, 5.41) is 0. The van der Waals surface area contributed by atoms with Gasteiger partial charge in [0.2, 0.25) is 0 Å². The fraction of sp³-hybridized carbons (Fsp3) is 0.688. The molecule has 2 unspecified atom stereocenters. The van der Waals surface area contributed by atoms with Crippen molar-refractivity contribution in [3.05, 3.63) is 30.1 Å². The molecule has 1 spiro atoms. The van der Waals surface area contributed by atoms with Gasteiger partial charge in [-0.3, -0.25) is 4.98 Å². The minimum atomic E-state index is 0.0592. The molecule has 1 aromatic heterocycles. The van der Waals surface area contributed by atoms with E-state index in [0.29, 0.717) is 5.92 Å². The first-order valence-corrected chi connectivity index (χ1v) is 7.60. The Hall–Kier alpha value is -0.930. The number of aromatic nitrogens is 1. The van der Waals surface area contributed by atoms with Gasteiger partial charge in [-0.25, -0.2) is 0 Å². The van der Waals surface area contributed by atoms with Gasteiger partial charge in [0.15, 0.2) is 0 Å². The number of ether oxygens (including phenoxy) is 1. The van der Waals surface area contributed by atoms with Gasteiger partial charge in [-0.1, -0.05) is 25.3 Å². The van der Waals surface area contributed by atoms with Gasteiger partial charge >= 0.3 is 0 Å². The Balaban J connectivity index is 1.71. The fourth-order valence-corrected chi connectivity index (χ4v) is 3.73. The van der Waals surface area contributed by atoms with E-state index in [9.17, 15) is 0 Å². The predicted octanol–water partition coefficient (Wildman–Crippen LogP) is 3.21. The molecule has 1 saturated carbocycles. The van der Waals surface area contributed by atoms with Crippen LogP contribution in [0.1, 0.15) is 56.7 Å². The van der Waals surface area contributed by atoms with E-state index in [-0.39, 0.29) is 11.6 Å². The summed E-state index contributed by atoms with van der Waals surface area (Å²) in [6.45, 7) is 0.866. The SMILES string of the molecule is NC(c1ccccn1)C1CCOC2(CCCCC2)C1. The Bertz CT molecular complexity index is 395. The van der Waals surface area contributed by atoms with Gasteiger partial charge in [-0.05, 0) is 43.7 Å². The zero-order chi connectivity index (χ0) is 13.1. The van der Waals surface area contributed by atoms with Gasteiger partial charge in [0, 0.05) is 12.8 Å². The van der Waals surface area contributed by atoms with Gasteiger partial charge in [0.25, 0.3) is 0 Å². The molecule has 0 amide bonds. The zero-order valence-electron chi connectivity index (χ0n) is 11.6. The molecular weight excluding hydrogens is 236 g/mol. The molecule has 2 N–H and O–H groups in total. The summed E-state index contributed by atoms with van der Waals surface area (Å²) in [6, 6.07) is 6.08. The molecule has 0 bridgehead atoms. The summed E-state index contributed by atoms with van der Waals surface area (Å²) in [5.74, 6) is 0.516. The summed E-state index contributed by atoms with van der Waals surface area (Å²) < 4.78 is 6.15. The van der Waals surface area contributed by atoms with E-state index < -0.39 is 0 Å². The summed E-state index contributed by atoms with van der Waals surface area (Å²) in [7, 11) is 0. The highest BCUT2D eigenvalue weighted by molar-refractivity contribution is 5.10. The van der Waals surface area contributed by atoms with Crippen molar-refractivity contribution in [2.24, 2.45) is 11.7 Å². The smallest absolute Gasteiger partial charge is 0.0686 e. The Labute approximate surface area is 115 Å². The maximum absolute atomic E-state index is 6.44. The van der Waals surface area contributed by atoms with Crippen LogP contribution >= 0.6 is 0 Å². The maximum atomic E-state index is 6.44. The standard InChI is InChI=1S/C16H24N2O/c17-15(14-6-2-5-10-18-14)13-7-11-19-16(12-13)8-3-1-4-9-16/h2,5-6,10,13,15H,1,3-4,7-9,11-12,17H2. The average Bonchev–Trinajstić information content (AvgIpc) is 2.48.